The van der Waals surface area contributed by atoms with Crippen LogP contribution in [0.25, 0.3) is 49.3 Å². The summed E-state index contributed by atoms with van der Waals surface area (Å²) < 4.78 is 13.7. The number of hydrogen-bond donors (Lipinski definition) is 3. The van der Waals surface area contributed by atoms with E-state index in [2.05, 4.69) is 61.8 Å². The molecule has 190 valence electrons. The Morgan fingerprint density at radius 1 is 1.18 bits per heavy atom. The molecule has 1 aliphatic rings. The van der Waals surface area contributed by atoms with Crippen molar-refractivity contribution in [2.24, 2.45) is 5.92 Å². The maximum absolute atomic E-state index is 13.7. The van der Waals surface area contributed by atoms with E-state index in [1.165, 1.54) is 25.3 Å². The first-order valence-corrected chi connectivity index (χ1v) is 13.4. The van der Waals surface area contributed by atoms with Crippen molar-refractivity contribution in [3.05, 3.63) is 96.3 Å². The number of halogens is 1. The Hall–Kier alpha value is -4.30. The smallest absolute Gasteiger partial charge is 0.181 e. The Kier molecular flexibility index (Phi) is 6.25. The van der Waals surface area contributed by atoms with Crippen molar-refractivity contribution < 1.29 is 4.39 Å². The molecule has 0 atom stereocenters. The zero-order chi connectivity index (χ0) is 26.2. The number of allylic oxidation sites excluding steroid dienone is 5. The largest absolute Gasteiger partial charge is 0.359 e. The summed E-state index contributed by atoms with van der Waals surface area (Å²) in [6.45, 7) is 10.2. The maximum Gasteiger partial charge on any atom is 0.181 e. The van der Waals surface area contributed by atoms with Crippen LogP contribution in [-0.2, 0) is 0 Å². The third-order valence-electron chi connectivity index (χ3n) is 7.14. The van der Waals surface area contributed by atoms with Crippen molar-refractivity contribution in [1.82, 2.24) is 30.5 Å². The van der Waals surface area contributed by atoms with Crippen molar-refractivity contribution in [2.45, 2.75) is 26.2 Å². The molecule has 8 heteroatoms. The first kappa shape index (κ1) is 24.1. The molecule has 5 heterocycles. The number of nitrogens with zero attached hydrogens (tertiary/aromatic N) is 3. The molecule has 0 radical (unpaired) electrons. The van der Waals surface area contributed by atoms with Crippen molar-refractivity contribution >= 4 is 38.8 Å². The molecule has 0 saturated heterocycles. The predicted molar refractivity (Wildman–Crippen MR) is 154 cm³/mol. The Bertz CT molecular complexity index is 1750. The van der Waals surface area contributed by atoms with Crippen LogP contribution in [0, 0.1) is 11.0 Å². The van der Waals surface area contributed by atoms with E-state index in [-0.39, 0.29) is 5.13 Å². The van der Waals surface area contributed by atoms with Gasteiger partial charge in [-0.3, -0.25) is 10.1 Å². The SMILES string of the molecule is C=C/C(=C\C(=C/C)c1cnc2n[nH]c(-c3cc4c(-c5ccc(F)s5)cncc4[nH]3)c2c1)NC(=C)C1CCC1. The molecule has 1 fully saturated rings. The molecular formula is C30H27FN6S. The van der Waals surface area contributed by atoms with Crippen LogP contribution < -0.4 is 5.32 Å². The standard InChI is InChI=1S/C30H27FN6S/c1-4-18(11-21(5-2)34-17(3)19-7-6-8-19)20-12-23-29(36-37-30(23)33-14-20)25-13-22-24(15-32-16-26(22)35-25)27-9-10-28(31)38-27/h4-5,9-16,19,34-35H,2-3,6-8H2,1H3,(H,33,36,37)/b18-4+,21-11+. The lowest BCUT2D eigenvalue weighted by molar-refractivity contribution is 0.356. The molecule has 6 rings (SSSR count). The van der Waals surface area contributed by atoms with Crippen LogP contribution in [0.2, 0.25) is 0 Å². The minimum absolute atomic E-state index is 0.220. The highest BCUT2D eigenvalue weighted by molar-refractivity contribution is 7.14. The number of hydrogen-bond acceptors (Lipinski definition) is 5. The molecule has 1 aliphatic carbocycles. The molecule has 0 aliphatic heterocycles. The van der Waals surface area contributed by atoms with Gasteiger partial charge in [0.2, 0.25) is 0 Å². The van der Waals surface area contributed by atoms with E-state index in [0.29, 0.717) is 11.6 Å². The summed E-state index contributed by atoms with van der Waals surface area (Å²) in [5.74, 6) is 0.532. The molecule has 0 aromatic carbocycles. The number of pyridine rings is 2. The van der Waals surface area contributed by atoms with Crippen LogP contribution in [0.3, 0.4) is 0 Å². The number of aromatic amines is 2. The molecule has 0 amide bonds. The quantitative estimate of drug-likeness (QED) is 0.182. The van der Waals surface area contributed by atoms with Crippen LogP contribution in [0.4, 0.5) is 4.39 Å². The van der Waals surface area contributed by atoms with Crippen LogP contribution in [-0.4, -0.2) is 25.1 Å². The average molecular weight is 523 g/mol. The van der Waals surface area contributed by atoms with Crippen molar-refractivity contribution in [3.63, 3.8) is 0 Å². The van der Waals surface area contributed by atoms with Crippen LogP contribution in [0.1, 0.15) is 31.7 Å². The first-order valence-electron chi connectivity index (χ1n) is 12.6. The fourth-order valence-corrected chi connectivity index (χ4v) is 5.55. The second kappa shape index (κ2) is 9.87. The molecule has 5 aromatic rings. The second-order valence-electron chi connectivity index (χ2n) is 9.45. The summed E-state index contributed by atoms with van der Waals surface area (Å²) in [7, 11) is 0. The lowest BCUT2D eigenvalue weighted by atomic mass is 9.83. The fraction of sp³-hybridized carbons (Fsp3) is 0.167. The van der Waals surface area contributed by atoms with E-state index in [9.17, 15) is 4.39 Å². The van der Waals surface area contributed by atoms with E-state index in [0.717, 1.165) is 72.0 Å². The summed E-state index contributed by atoms with van der Waals surface area (Å²) in [5.41, 5.74) is 7.98. The Morgan fingerprint density at radius 2 is 2.05 bits per heavy atom. The van der Waals surface area contributed by atoms with Gasteiger partial charge in [0.15, 0.2) is 10.8 Å². The summed E-state index contributed by atoms with van der Waals surface area (Å²) in [6.07, 6.45) is 15.0. The highest BCUT2D eigenvalue weighted by atomic mass is 32.1. The Labute approximate surface area is 223 Å². The van der Waals surface area contributed by atoms with E-state index < -0.39 is 0 Å². The van der Waals surface area contributed by atoms with Gasteiger partial charge < -0.3 is 10.3 Å². The van der Waals surface area contributed by atoms with Gasteiger partial charge in [0.1, 0.15) is 0 Å². The highest BCUT2D eigenvalue weighted by Crippen LogP contribution is 2.36. The fourth-order valence-electron chi connectivity index (χ4n) is 4.80. The summed E-state index contributed by atoms with van der Waals surface area (Å²) in [5, 5.41) is 12.7. The molecule has 5 aromatic heterocycles. The van der Waals surface area contributed by atoms with Gasteiger partial charge in [0.25, 0.3) is 0 Å². The monoisotopic (exact) mass is 522 g/mol. The number of rotatable bonds is 8. The molecule has 0 unspecified atom stereocenters. The highest BCUT2D eigenvalue weighted by Gasteiger charge is 2.21. The molecule has 38 heavy (non-hydrogen) atoms. The summed E-state index contributed by atoms with van der Waals surface area (Å²) in [6, 6.07) is 7.40. The van der Waals surface area contributed by atoms with Gasteiger partial charge in [0.05, 0.1) is 23.1 Å². The zero-order valence-corrected chi connectivity index (χ0v) is 21.8. The number of fused-ring (bicyclic) bond motifs is 2. The normalized spacial score (nSPS) is 14.7. The predicted octanol–water partition coefficient (Wildman–Crippen LogP) is 7.75. The van der Waals surface area contributed by atoms with E-state index in [1.54, 1.807) is 18.5 Å². The third-order valence-corrected chi connectivity index (χ3v) is 8.05. The number of H-pyrrole nitrogens is 2. The topological polar surface area (TPSA) is 82.3 Å². The van der Waals surface area contributed by atoms with Gasteiger partial charge in [-0.05, 0) is 67.7 Å². The van der Waals surface area contributed by atoms with Crippen molar-refractivity contribution in [3.8, 4) is 21.8 Å². The summed E-state index contributed by atoms with van der Waals surface area (Å²) in [4.78, 5) is 13.3. The third kappa shape index (κ3) is 4.37. The molecule has 1 saturated carbocycles. The van der Waals surface area contributed by atoms with E-state index in [1.807, 2.05) is 25.3 Å². The average Bonchev–Trinajstić information content (AvgIpc) is 3.62. The zero-order valence-electron chi connectivity index (χ0n) is 21.0. The Balaban J connectivity index is 1.37. The maximum atomic E-state index is 13.7. The van der Waals surface area contributed by atoms with Gasteiger partial charge in [-0.1, -0.05) is 25.7 Å². The lowest BCUT2D eigenvalue weighted by Crippen LogP contribution is -2.23. The minimum atomic E-state index is -0.220. The Morgan fingerprint density at radius 3 is 2.76 bits per heavy atom. The van der Waals surface area contributed by atoms with E-state index in [4.69, 9.17) is 0 Å². The van der Waals surface area contributed by atoms with Crippen molar-refractivity contribution in [1.29, 1.82) is 0 Å². The number of nitrogens with one attached hydrogen (secondary N) is 3. The van der Waals surface area contributed by atoms with E-state index >= 15 is 0 Å². The van der Waals surface area contributed by atoms with Gasteiger partial charge in [-0.25, -0.2) is 4.98 Å². The molecule has 3 N–H and O–H groups in total. The van der Waals surface area contributed by atoms with Gasteiger partial charge in [-0.15, -0.1) is 11.3 Å². The van der Waals surface area contributed by atoms with Gasteiger partial charge in [0, 0.05) is 50.6 Å². The van der Waals surface area contributed by atoms with Crippen molar-refractivity contribution in [2.75, 3.05) is 0 Å². The van der Waals surface area contributed by atoms with Gasteiger partial charge >= 0.3 is 0 Å². The summed E-state index contributed by atoms with van der Waals surface area (Å²) >= 11 is 1.11. The van der Waals surface area contributed by atoms with Gasteiger partial charge in [-0.2, -0.15) is 9.49 Å². The molecular weight excluding hydrogens is 495 g/mol. The minimum Gasteiger partial charge on any atom is -0.359 e. The number of thiophene rings is 1. The van der Waals surface area contributed by atoms with Crippen LogP contribution in [0.15, 0.2) is 85.6 Å². The molecule has 0 spiro atoms. The van der Waals surface area contributed by atoms with Crippen LogP contribution in [0.5, 0.6) is 0 Å². The molecule has 6 nitrogen and oxygen atoms in total. The first-order chi connectivity index (χ1) is 18.5. The molecule has 0 bridgehead atoms. The number of aromatic nitrogens is 5. The van der Waals surface area contributed by atoms with Crippen LogP contribution >= 0.6 is 11.3 Å². The second-order valence-corrected chi connectivity index (χ2v) is 10.5. The lowest BCUT2D eigenvalue weighted by Gasteiger charge is -2.28.